The molecule has 0 spiro atoms. The first-order valence-corrected chi connectivity index (χ1v) is 8.38. The van der Waals surface area contributed by atoms with E-state index in [9.17, 15) is 8.63 Å². The highest BCUT2D eigenvalue weighted by Gasteiger charge is 2.44. The van der Waals surface area contributed by atoms with Crippen LogP contribution >= 0.6 is 0 Å². The Kier molecular flexibility index (Phi) is 8.94. The number of hydrogen-bond acceptors (Lipinski definition) is 1. The smallest absolute Gasteiger partial charge is 0.362 e. The van der Waals surface area contributed by atoms with Gasteiger partial charge in [-0.1, -0.05) is 12.0 Å². The zero-order valence-electron chi connectivity index (χ0n) is 15.3. The third kappa shape index (κ3) is 6.35. The van der Waals surface area contributed by atoms with Crippen molar-refractivity contribution in [3.63, 3.8) is 0 Å². The normalized spacial score (nSPS) is 16.0. The molecule has 2 heterocycles. The molecule has 6 heteroatoms. The van der Waals surface area contributed by atoms with Gasteiger partial charge >= 0.3 is 7.40 Å². The topological polar surface area (TPSA) is 30.8 Å². The van der Waals surface area contributed by atoms with Gasteiger partial charge in [0, 0.05) is 24.4 Å². The molecule has 0 aliphatic carbocycles. The van der Waals surface area contributed by atoms with Crippen LogP contribution in [-0.4, -0.2) is 42.2 Å². The molecule has 1 aliphatic rings. The van der Waals surface area contributed by atoms with Gasteiger partial charge in [-0.15, -0.1) is 13.0 Å². The highest BCUT2D eigenvalue weighted by atomic mass is 19.2. The summed E-state index contributed by atoms with van der Waals surface area (Å²) in [6.07, 6.45) is 11.0. The van der Waals surface area contributed by atoms with Gasteiger partial charge in [0.15, 0.2) is 11.8 Å². The Bertz CT molecular complexity index is 668. The van der Waals surface area contributed by atoms with Crippen molar-refractivity contribution in [2.24, 2.45) is 0 Å². The second-order valence-electron chi connectivity index (χ2n) is 6.01. The quantitative estimate of drug-likeness (QED) is 0.443. The Morgan fingerprint density at radius 1 is 1.40 bits per heavy atom. The Morgan fingerprint density at radius 2 is 2.08 bits per heavy atom. The maximum atomic E-state index is 13.1. The van der Waals surface area contributed by atoms with Gasteiger partial charge in [0.1, 0.15) is 0 Å². The molecular weight excluding hydrogens is 319 g/mol. The van der Waals surface area contributed by atoms with Gasteiger partial charge in [0.05, 0.1) is 13.0 Å². The summed E-state index contributed by atoms with van der Waals surface area (Å²) in [5.41, 5.74) is 3.76. The second kappa shape index (κ2) is 10.7. The number of halogens is 2. The summed E-state index contributed by atoms with van der Waals surface area (Å²) >= 11 is 0. The first kappa shape index (κ1) is 20.9. The van der Waals surface area contributed by atoms with Crippen LogP contribution in [0.3, 0.4) is 0 Å². The lowest BCUT2D eigenvalue weighted by Crippen LogP contribution is -2.35. The van der Waals surface area contributed by atoms with Crippen LogP contribution in [0.4, 0.5) is 8.63 Å². The summed E-state index contributed by atoms with van der Waals surface area (Å²) in [4.78, 5) is 3.31. The van der Waals surface area contributed by atoms with E-state index in [-0.39, 0.29) is 6.04 Å². The van der Waals surface area contributed by atoms with Crippen molar-refractivity contribution in [1.82, 2.24) is 10.3 Å². The van der Waals surface area contributed by atoms with E-state index < -0.39 is 7.40 Å². The van der Waals surface area contributed by atoms with Crippen LogP contribution in [0.2, 0.25) is 0 Å². The Balaban J connectivity index is 0.000000550. The van der Waals surface area contributed by atoms with Gasteiger partial charge in [-0.05, 0) is 44.5 Å². The fourth-order valence-electron chi connectivity index (χ4n) is 2.84. The minimum Gasteiger partial charge on any atom is -0.362 e. The first-order valence-electron chi connectivity index (χ1n) is 8.38. The standard InChI is InChI=1S/C15H20BF2N2.C4H7N/c1-4-5-6-13-7-8-14(19-13)10-15-11(2)9-12(3)20(15)16(17)18;1-3-4-5-2/h4,7-9,15,19H,1,5-6,10H2,2-3H3;1,5H,4H2,2H3/q+1;. The van der Waals surface area contributed by atoms with Gasteiger partial charge in [-0.2, -0.15) is 0 Å². The molecule has 1 aromatic rings. The number of aryl methyl sites for hydroxylation is 1. The van der Waals surface area contributed by atoms with E-state index in [1.807, 2.05) is 38.3 Å². The van der Waals surface area contributed by atoms with Crippen molar-refractivity contribution in [1.29, 1.82) is 0 Å². The Hall–Kier alpha value is -2.13. The molecule has 1 aliphatic heterocycles. The number of aromatic amines is 1. The van der Waals surface area contributed by atoms with Crippen LogP contribution in [0.15, 0.2) is 36.4 Å². The van der Waals surface area contributed by atoms with Crippen LogP contribution in [0.25, 0.3) is 0 Å². The molecule has 2 rings (SSSR count). The fourth-order valence-corrected chi connectivity index (χ4v) is 2.84. The third-order valence-corrected chi connectivity index (χ3v) is 4.03. The summed E-state index contributed by atoms with van der Waals surface area (Å²) < 4.78 is 27.5. The number of nitrogens with one attached hydrogen (secondary N) is 2. The van der Waals surface area contributed by atoms with E-state index in [0.717, 1.165) is 29.8 Å². The van der Waals surface area contributed by atoms with Gasteiger partial charge in [-0.25, -0.2) is 13.1 Å². The van der Waals surface area contributed by atoms with E-state index in [1.54, 1.807) is 6.92 Å². The van der Waals surface area contributed by atoms with Crippen LogP contribution in [0.5, 0.6) is 0 Å². The van der Waals surface area contributed by atoms with E-state index in [0.29, 0.717) is 18.7 Å². The van der Waals surface area contributed by atoms with Crippen LogP contribution in [-0.2, 0) is 12.8 Å². The summed E-state index contributed by atoms with van der Waals surface area (Å²) in [6, 6.07) is 3.76. The third-order valence-electron chi connectivity index (χ3n) is 4.03. The summed E-state index contributed by atoms with van der Waals surface area (Å²) in [7, 11) is -0.635. The molecule has 1 unspecified atom stereocenters. The number of terminal acetylenes is 1. The molecule has 3 nitrogen and oxygen atoms in total. The van der Waals surface area contributed by atoms with Gasteiger partial charge in [-0.3, -0.25) is 0 Å². The van der Waals surface area contributed by atoms with Gasteiger partial charge < -0.3 is 10.3 Å². The highest BCUT2D eigenvalue weighted by Crippen LogP contribution is 2.21. The molecule has 0 saturated carbocycles. The predicted octanol–water partition coefficient (Wildman–Crippen LogP) is 3.24. The van der Waals surface area contributed by atoms with E-state index in [4.69, 9.17) is 6.42 Å². The average Bonchev–Trinajstić information content (AvgIpc) is 3.11. The van der Waals surface area contributed by atoms with Crippen molar-refractivity contribution in [2.75, 3.05) is 13.6 Å². The van der Waals surface area contributed by atoms with Crippen molar-refractivity contribution < 1.29 is 13.1 Å². The molecule has 0 bridgehead atoms. The van der Waals surface area contributed by atoms with E-state index in [2.05, 4.69) is 22.8 Å². The zero-order valence-corrected chi connectivity index (χ0v) is 15.3. The minimum absolute atomic E-state index is 0.249. The highest BCUT2D eigenvalue weighted by molar-refractivity contribution is 6.34. The molecule has 0 aromatic carbocycles. The van der Waals surface area contributed by atoms with Gasteiger partial charge in [0.2, 0.25) is 0 Å². The van der Waals surface area contributed by atoms with Crippen LogP contribution < -0.4 is 5.32 Å². The molecule has 134 valence electrons. The van der Waals surface area contributed by atoms with Crippen molar-refractivity contribution in [3.05, 3.63) is 47.8 Å². The molecule has 1 aromatic heterocycles. The van der Waals surface area contributed by atoms with Crippen LogP contribution in [0.1, 0.15) is 31.7 Å². The van der Waals surface area contributed by atoms with E-state index in [1.165, 1.54) is 4.49 Å². The summed E-state index contributed by atoms with van der Waals surface area (Å²) in [5, 5.41) is 2.78. The second-order valence-corrected chi connectivity index (χ2v) is 6.01. The molecule has 2 N–H and O–H groups in total. The maximum absolute atomic E-state index is 13.1. The zero-order chi connectivity index (χ0) is 18.8. The molecule has 0 radical (unpaired) electrons. The number of allylic oxidation sites excluding steroid dienone is 2. The molecule has 1 atom stereocenters. The molecular formula is C19H27BF2N3+. The fraction of sp³-hybridized carbons (Fsp3) is 0.421. The lowest BCUT2D eigenvalue weighted by Gasteiger charge is -2.11. The number of rotatable bonds is 7. The molecule has 0 fully saturated rings. The Morgan fingerprint density at radius 3 is 2.60 bits per heavy atom. The van der Waals surface area contributed by atoms with Crippen molar-refractivity contribution in [3.8, 4) is 12.3 Å². The molecule has 0 amide bonds. The number of H-pyrrole nitrogens is 1. The summed E-state index contributed by atoms with van der Waals surface area (Å²) in [5.74, 6) is 2.41. The predicted molar refractivity (Wildman–Crippen MR) is 102 cm³/mol. The Labute approximate surface area is 150 Å². The molecule has 25 heavy (non-hydrogen) atoms. The lowest BCUT2D eigenvalue weighted by molar-refractivity contribution is -0.439. The average molecular weight is 346 g/mol. The van der Waals surface area contributed by atoms with E-state index >= 15 is 0 Å². The molecule has 0 saturated heterocycles. The monoisotopic (exact) mass is 346 g/mol. The van der Waals surface area contributed by atoms with Gasteiger partial charge in [0.25, 0.3) is 0 Å². The largest absolute Gasteiger partial charge is 0.929 e. The SMILES string of the molecule is C#CCNC.C=CCCc1ccc(CC2C(C)=CC(C)=[N+]2B(F)F)[nH]1. The van der Waals surface area contributed by atoms with Crippen molar-refractivity contribution >= 4 is 13.1 Å². The lowest BCUT2D eigenvalue weighted by atomic mass is 10.0. The minimum atomic E-state index is -2.45. The maximum Gasteiger partial charge on any atom is 0.929 e. The number of nitrogens with zero attached hydrogens (tertiary/aromatic N) is 1. The number of aromatic nitrogens is 1. The van der Waals surface area contributed by atoms with Crippen molar-refractivity contribution in [2.45, 2.75) is 39.2 Å². The number of hydrogen-bond donors (Lipinski definition) is 2. The first-order chi connectivity index (χ1) is 11.9. The summed E-state index contributed by atoms with van der Waals surface area (Å²) in [6.45, 7) is 8.02. The van der Waals surface area contributed by atoms with Crippen LogP contribution in [0, 0.1) is 12.3 Å².